The highest BCUT2D eigenvalue weighted by Crippen LogP contribution is 2.40. The van der Waals surface area contributed by atoms with Gasteiger partial charge in [0.15, 0.2) is 17.2 Å². The maximum atomic E-state index is 5.85. The number of nitrogens with zero attached hydrogens (tertiary/aromatic N) is 1. The van der Waals surface area contributed by atoms with Gasteiger partial charge in [-0.15, -0.1) is 0 Å². The van der Waals surface area contributed by atoms with Gasteiger partial charge >= 0.3 is 0 Å². The van der Waals surface area contributed by atoms with Crippen LogP contribution in [0.15, 0.2) is 42.7 Å². The zero-order chi connectivity index (χ0) is 11.7. The molecular weight excluding hydrogens is 216 g/mol. The predicted molar refractivity (Wildman–Crippen MR) is 63.2 cm³/mol. The van der Waals surface area contributed by atoms with E-state index < -0.39 is 0 Å². The van der Waals surface area contributed by atoms with Gasteiger partial charge in [0.2, 0.25) is 0 Å². The molecule has 1 aliphatic rings. The van der Waals surface area contributed by atoms with E-state index in [0.717, 1.165) is 5.56 Å². The van der Waals surface area contributed by atoms with Crippen LogP contribution < -0.4 is 15.2 Å². The SMILES string of the molecule is NCC1Oc2ccccc2Oc2cnccc21. The van der Waals surface area contributed by atoms with Crippen molar-refractivity contribution in [3.63, 3.8) is 0 Å². The molecule has 0 saturated carbocycles. The van der Waals surface area contributed by atoms with Crippen LogP contribution in [-0.2, 0) is 0 Å². The molecule has 86 valence electrons. The second-order valence-electron chi connectivity index (χ2n) is 3.80. The van der Waals surface area contributed by atoms with Crippen molar-refractivity contribution >= 4 is 0 Å². The molecule has 4 heteroatoms. The Hall–Kier alpha value is -2.07. The lowest BCUT2D eigenvalue weighted by atomic mass is 10.1. The van der Waals surface area contributed by atoms with Gasteiger partial charge < -0.3 is 15.2 Å². The number of hydrogen-bond acceptors (Lipinski definition) is 4. The molecule has 0 saturated heterocycles. The van der Waals surface area contributed by atoms with E-state index in [2.05, 4.69) is 4.98 Å². The van der Waals surface area contributed by atoms with E-state index in [-0.39, 0.29) is 6.10 Å². The van der Waals surface area contributed by atoms with Crippen molar-refractivity contribution < 1.29 is 9.47 Å². The van der Waals surface area contributed by atoms with E-state index in [9.17, 15) is 0 Å². The van der Waals surface area contributed by atoms with Crippen LogP contribution in [0, 0.1) is 0 Å². The molecule has 17 heavy (non-hydrogen) atoms. The Morgan fingerprint density at radius 1 is 1.12 bits per heavy atom. The van der Waals surface area contributed by atoms with Gasteiger partial charge in [-0.05, 0) is 18.2 Å². The van der Waals surface area contributed by atoms with E-state index >= 15 is 0 Å². The summed E-state index contributed by atoms with van der Waals surface area (Å²) in [5.74, 6) is 2.10. The van der Waals surface area contributed by atoms with Crippen LogP contribution in [0.4, 0.5) is 0 Å². The highest BCUT2D eigenvalue weighted by Gasteiger charge is 2.23. The largest absolute Gasteiger partial charge is 0.480 e. The zero-order valence-corrected chi connectivity index (χ0v) is 9.17. The molecule has 1 aromatic carbocycles. The molecule has 1 atom stereocenters. The fourth-order valence-electron chi connectivity index (χ4n) is 1.88. The summed E-state index contributed by atoms with van der Waals surface area (Å²) < 4.78 is 11.6. The van der Waals surface area contributed by atoms with Crippen molar-refractivity contribution in [3.8, 4) is 17.2 Å². The number of benzene rings is 1. The fourth-order valence-corrected chi connectivity index (χ4v) is 1.88. The van der Waals surface area contributed by atoms with Crippen molar-refractivity contribution in [1.82, 2.24) is 4.98 Å². The first-order valence-electron chi connectivity index (χ1n) is 5.46. The molecule has 1 aromatic heterocycles. The average Bonchev–Trinajstić information content (AvgIpc) is 2.54. The summed E-state index contributed by atoms with van der Waals surface area (Å²) in [4.78, 5) is 4.06. The molecule has 0 radical (unpaired) electrons. The summed E-state index contributed by atoms with van der Waals surface area (Å²) in [5.41, 5.74) is 6.67. The van der Waals surface area contributed by atoms with Gasteiger partial charge in [0.1, 0.15) is 6.10 Å². The van der Waals surface area contributed by atoms with Gasteiger partial charge in [0.05, 0.1) is 6.20 Å². The van der Waals surface area contributed by atoms with E-state index in [1.807, 2.05) is 30.3 Å². The lowest BCUT2D eigenvalue weighted by molar-refractivity contribution is 0.216. The second-order valence-corrected chi connectivity index (χ2v) is 3.80. The molecule has 0 aliphatic carbocycles. The number of aromatic nitrogens is 1. The summed E-state index contributed by atoms with van der Waals surface area (Å²) in [5, 5.41) is 0. The van der Waals surface area contributed by atoms with Crippen LogP contribution in [-0.4, -0.2) is 11.5 Å². The highest BCUT2D eigenvalue weighted by atomic mass is 16.5. The first kappa shape index (κ1) is 10.1. The maximum absolute atomic E-state index is 5.85. The molecule has 2 heterocycles. The number of para-hydroxylation sites is 2. The number of rotatable bonds is 1. The van der Waals surface area contributed by atoms with Crippen LogP contribution >= 0.6 is 0 Å². The Kier molecular flexibility index (Phi) is 2.42. The molecule has 4 nitrogen and oxygen atoms in total. The zero-order valence-electron chi connectivity index (χ0n) is 9.17. The number of ether oxygens (including phenoxy) is 2. The Morgan fingerprint density at radius 2 is 1.94 bits per heavy atom. The molecule has 0 amide bonds. The van der Waals surface area contributed by atoms with E-state index in [0.29, 0.717) is 23.8 Å². The monoisotopic (exact) mass is 228 g/mol. The van der Waals surface area contributed by atoms with Crippen molar-refractivity contribution in [2.75, 3.05) is 6.54 Å². The number of pyridine rings is 1. The quantitative estimate of drug-likeness (QED) is 0.813. The van der Waals surface area contributed by atoms with E-state index in [4.69, 9.17) is 15.2 Å². The Bertz CT molecular complexity index is 542. The fraction of sp³-hybridized carbons (Fsp3) is 0.154. The molecule has 1 unspecified atom stereocenters. The summed E-state index contributed by atoms with van der Waals surface area (Å²) in [6.07, 6.45) is 3.20. The Balaban J connectivity index is 2.13. The maximum Gasteiger partial charge on any atom is 0.169 e. The summed E-state index contributed by atoms with van der Waals surface area (Å²) in [7, 11) is 0. The minimum absolute atomic E-state index is 0.198. The second kappa shape index (κ2) is 4.07. The van der Waals surface area contributed by atoms with Gasteiger partial charge in [-0.25, -0.2) is 0 Å². The van der Waals surface area contributed by atoms with Crippen LogP contribution in [0.3, 0.4) is 0 Å². The Labute approximate surface area is 99.0 Å². The molecule has 1 aliphatic heterocycles. The normalized spacial score (nSPS) is 17.1. The summed E-state index contributed by atoms with van der Waals surface area (Å²) in [6.45, 7) is 0.398. The lowest BCUT2D eigenvalue weighted by Gasteiger charge is -2.15. The van der Waals surface area contributed by atoms with Crippen molar-refractivity contribution in [1.29, 1.82) is 0 Å². The molecule has 0 fully saturated rings. The topological polar surface area (TPSA) is 57.4 Å². The Morgan fingerprint density at radius 3 is 2.76 bits per heavy atom. The summed E-state index contributed by atoms with van der Waals surface area (Å²) in [6, 6.07) is 9.42. The average molecular weight is 228 g/mol. The smallest absolute Gasteiger partial charge is 0.169 e. The van der Waals surface area contributed by atoms with Gasteiger partial charge in [0.25, 0.3) is 0 Å². The molecule has 2 aromatic rings. The molecular formula is C13H12N2O2. The third-order valence-corrected chi connectivity index (χ3v) is 2.72. The van der Waals surface area contributed by atoms with E-state index in [1.54, 1.807) is 12.4 Å². The minimum Gasteiger partial charge on any atom is -0.480 e. The van der Waals surface area contributed by atoms with E-state index in [1.165, 1.54) is 0 Å². The number of nitrogens with two attached hydrogens (primary N) is 1. The molecule has 2 N–H and O–H groups in total. The third-order valence-electron chi connectivity index (χ3n) is 2.72. The molecule has 0 bridgehead atoms. The number of fused-ring (bicyclic) bond motifs is 2. The van der Waals surface area contributed by atoms with Crippen molar-refractivity contribution in [2.45, 2.75) is 6.10 Å². The van der Waals surface area contributed by atoms with Crippen LogP contribution in [0.25, 0.3) is 0 Å². The van der Waals surface area contributed by atoms with Crippen LogP contribution in [0.2, 0.25) is 0 Å². The predicted octanol–water partition coefficient (Wildman–Crippen LogP) is 2.27. The van der Waals surface area contributed by atoms with Crippen LogP contribution in [0.1, 0.15) is 11.7 Å². The number of hydrogen-bond donors (Lipinski definition) is 1. The first-order chi connectivity index (χ1) is 8.38. The standard InChI is InChI=1S/C13H12N2O2/c14-7-12-9-5-6-15-8-13(9)17-11-4-2-1-3-10(11)16-12/h1-6,8,12H,7,14H2. The lowest BCUT2D eigenvalue weighted by Crippen LogP contribution is -2.17. The van der Waals surface area contributed by atoms with Crippen LogP contribution in [0.5, 0.6) is 17.2 Å². The van der Waals surface area contributed by atoms with Gasteiger partial charge in [-0.1, -0.05) is 12.1 Å². The third kappa shape index (κ3) is 1.72. The van der Waals surface area contributed by atoms with Gasteiger partial charge in [-0.2, -0.15) is 0 Å². The van der Waals surface area contributed by atoms with Crippen molar-refractivity contribution in [2.24, 2.45) is 5.73 Å². The van der Waals surface area contributed by atoms with Crippen molar-refractivity contribution in [3.05, 3.63) is 48.3 Å². The molecule has 0 spiro atoms. The highest BCUT2D eigenvalue weighted by molar-refractivity contribution is 5.47. The van der Waals surface area contributed by atoms with Gasteiger partial charge in [-0.3, -0.25) is 4.98 Å². The molecule has 3 rings (SSSR count). The van der Waals surface area contributed by atoms with Gasteiger partial charge in [0, 0.05) is 18.3 Å². The summed E-state index contributed by atoms with van der Waals surface area (Å²) >= 11 is 0. The first-order valence-corrected chi connectivity index (χ1v) is 5.46. The minimum atomic E-state index is -0.198.